The van der Waals surface area contributed by atoms with Gasteiger partial charge in [0.2, 0.25) is 5.13 Å². The van der Waals surface area contributed by atoms with Gasteiger partial charge in [-0.15, -0.1) is 11.3 Å². The van der Waals surface area contributed by atoms with Crippen LogP contribution in [-0.2, 0) is 0 Å². The van der Waals surface area contributed by atoms with Crippen LogP contribution in [0.5, 0.6) is 0 Å². The van der Waals surface area contributed by atoms with Crippen molar-refractivity contribution < 1.29 is 0 Å². The van der Waals surface area contributed by atoms with Crippen LogP contribution < -0.4 is 5.56 Å². The molecule has 0 aliphatic heterocycles. The van der Waals surface area contributed by atoms with Gasteiger partial charge in [0, 0.05) is 27.7 Å². The Morgan fingerprint density at radius 1 is 1.37 bits per heavy atom. The Morgan fingerprint density at radius 3 is 2.84 bits per heavy atom. The molecule has 96 valence electrons. The van der Waals surface area contributed by atoms with Gasteiger partial charge in [-0.3, -0.25) is 9.89 Å². The fourth-order valence-electron chi connectivity index (χ4n) is 1.82. The molecule has 0 saturated carbocycles. The SMILES string of the molecule is Cc1cc(=O)n(-c2nc(-c3ccccc3Cl)cs2)[nH]1. The van der Waals surface area contributed by atoms with Crippen molar-refractivity contribution in [3.05, 3.63) is 56.8 Å². The smallest absolute Gasteiger partial charge is 0.273 e. The predicted octanol–water partition coefficient (Wildman–Crippen LogP) is 3.25. The standard InChI is InChI=1S/C13H10ClN3OS/c1-8-6-12(18)17(16-8)13-15-11(7-19-13)9-4-2-3-5-10(9)14/h2-7,16H,1H3. The summed E-state index contributed by atoms with van der Waals surface area (Å²) in [4.78, 5) is 16.2. The molecule has 4 nitrogen and oxygen atoms in total. The second-order valence-corrected chi connectivity index (χ2v) is 5.35. The molecule has 1 aromatic carbocycles. The van der Waals surface area contributed by atoms with E-state index < -0.39 is 0 Å². The van der Waals surface area contributed by atoms with Crippen LogP contribution >= 0.6 is 22.9 Å². The fraction of sp³-hybridized carbons (Fsp3) is 0.0769. The topological polar surface area (TPSA) is 50.7 Å². The number of rotatable bonds is 2. The minimum atomic E-state index is -0.113. The molecular weight excluding hydrogens is 282 g/mol. The molecule has 1 N–H and O–H groups in total. The number of benzene rings is 1. The first-order valence-electron chi connectivity index (χ1n) is 5.64. The summed E-state index contributed by atoms with van der Waals surface area (Å²) in [6.07, 6.45) is 0. The molecule has 2 aromatic heterocycles. The molecule has 6 heteroatoms. The summed E-state index contributed by atoms with van der Waals surface area (Å²) >= 11 is 7.53. The number of thiazole rings is 1. The summed E-state index contributed by atoms with van der Waals surface area (Å²) in [5, 5.41) is 6.10. The maximum atomic E-state index is 11.7. The monoisotopic (exact) mass is 291 g/mol. The highest BCUT2D eigenvalue weighted by molar-refractivity contribution is 7.12. The van der Waals surface area contributed by atoms with Gasteiger partial charge in [0.15, 0.2) is 0 Å². The molecule has 0 aliphatic carbocycles. The molecule has 19 heavy (non-hydrogen) atoms. The fourth-order valence-corrected chi connectivity index (χ4v) is 2.84. The third kappa shape index (κ3) is 2.22. The Kier molecular flexibility index (Phi) is 3.00. The Labute approximate surface area is 118 Å². The highest BCUT2D eigenvalue weighted by atomic mass is 35.5. The van der Waals surface area contributed by atoms with Gasteiger partial charge in [-0.1, -0.05) is 29.8 Å². The van der Waals surface area contributed by atoms with E-state index in [4.69, 9.17) is 11.6 Å². The molecule has 2 heterocycles. The summed E-state index contributed by atoms with van der Waals surface area (Å²) < 4.78 is 1.43. The van der Waals surface area contributed by atoms with Gasteiger partial charge in [0.1, 0.15) is 0 Å². The number of nitrogens with one attached hydrogen (secondary N) is 1. The van der Waals surface area contributed by atoms with Crippen molar-refractivity contribution in [2.45, 2.75) is 6.92 Å². The second kappa shape index (κ2) is 4.68. The van der Waals surface area contributed by atoms with Crippen LogP contribution in [0.2, 0.25) is 5.02 Å². The Hall–Kier alpha value is -1.85. The van der Waals surface area contributed by atoms with Gasteiger partial charge in [0.05, 0.1) is 5.69 Å². The number of nitrogens with zero attached hydrogens (tertiary/aromatic N) is 2. The van der Waals surface area contributed by atoms with E-state index in [2.05, 4.69) is 10.1 Å². The van der Waals surface area contributed by atoms with E-state index in [0.29, 0.717) is 10.2 Å². The van der Waals surface area contributed by atoms with Crippen molar-refractivity contribution in [1.29, 1.82) is 0 Å². The van der Waals surface area contributed by atoms with Gasteiger partial charge in [-0.25, -0.2) is 4.98 Å². The zero-order valence-electron chi connectivity index (χ0n) is 10.1. The van der Waals surface area contributed by atoms with E-state index in [-0.39, 0.29) is 5.56 Å². The molecule has 0 aliphatic rings. The van der Waals surface area contributed by atoms with Crippen molar-refractivity contribution in [3.8, 4) is 16.4 Å². The molecule has 0 amide bonds. The van der Waals surface area contributed by atoms with E-state index in [9.17, 15) is 4.79 Å². The van der Waals surface area contributed by atoms with Crippen LogP contribution in [-0.4, -0.2) is 14.8 Å². The Balaban J connectivity index is 2.08. The van der Waals surface area contributed by atoms with E-state index in [1.807, 2.05) is 36.6 Å². The number of aromatic nitrogens is 3. The van der Waals surface area contributed by atoms with E-state index >= 15 is 0 Å². The average Bonchev–Trinajstić information content (AvgIpc) is 2.96. The minimum absolute atomic E-state index is 0.113. The first-order chi connectivity index (χ1) is 9.15. The number of aryl methyl sites for hydroxylation is 1. The van der Waals surface area contributed by atoms with Gasteiger partial charge in [0.25, 0.3) is 5.56 Å². The molecule has 3 rings (SSSR count). The van der Waals surface area contributed by atoms with Crippen LogP contribution in [0.15, 0.2) is 40.5 Å². The van der Waals surface area contributed by atoms with Gasteiger partial charge in [-0.05, 0) is 13.0 Å². The lowest BCUT2D eigenvalue weighted by molar-refractivity contribution is 0.827. The Morgan fingerprint density at radius 2 is 2.16 bits per heavy atom. The van der Waals surface area contributed by atoms with Crippen LogP contribution in [0.25, 0.3) is 16.4 Å². The van der Waals surface area contributed by atoms with Crippen molar-refractivity contribution >= 4 is 22.9 Å². The summed E-state index contributed by atoms with van der Waals surface area (Å²) in [6, 6.07) is 9.05. The Bertz CT molecular complexity index is 787. The molecule has 0 bridgehead atoms. The molecule has 0 radical (unpaired) electrons. The van der Waals surface area contributed by atoms with E-state index in [1.165, 1.54) is 22.1 Å². The lowest BCUT2D eigenvalue weighted by Crippen LogP contribution is -2.12. The summed E-state index contributed by atoms with van der Waals surface area (Å²) in [5.74, 6) is 0. The van der Waals surface area contributed by atoms with Crippen LogP contribution in [0, 0.1) is 6.92 Å². The number of hydrogen-bond donors (Lipinski definition) is 1. The zero-order chi connectivity index (χ0) is 13.4. The molecule has 0 unspecified atom stereocenters. The number of aromatic amines is 1. The highest BCUT2D eigenvalue weighted by Crippen LogP contribution is 2.29. The molecular formula is C13H10ClN3OS. The third-order valence-electron chi connectivity index (χ3n) is 2.68. The number of hydrogen-bond acceptors (Lipinski definition) is 3. The molecule has 0 fully saturated rings. The van der Waals surface area contributed by atoms with Crippen LogP contribution in [0.4, 0.5) is 0 Å². The maximum absolute atomic E-state index is 11.7. The van der Waals surface area contributed by atoms with Crippen molar-refractivity contribution in [3.63, 3.8) is 0 Å². The second-order valence-electron chi connectivity index (χ2n) is 4.11. The van der Waals surface area contributed by atoms with Crippen LogP contribution in [0.1, 0.15) is 5.69 Å². The minimum Gasteiger partial charge on any atom is -0.293 e. The van der Waals surface area contributed by atoms with Gasteiger partial charge >= 0.3 is 0 Å². The van der Waals surface area contributed by atoms with Crippen LogP contribution in [0.3, 0.4) is 0 Å². The molecule has 0 spiro atoms. The summed E-state index contributed by atoms with van der Waals surface area (Å²) in [7, 11) is 0. The van der Waals surface area contributed by atoms with Crippen molar-refractivity contribution in [1.82, 2.24) is 14.8 Å². The zero-order valence-corrected chi connectivity index (χ0v) is 11.6. The first kappa shape index (κ1) is 12.2. The van der Waals surface area contributed by atoms with Crippen molar-refractivity contribution in [2.75, 3.05) is 0 Å². The molecule has 0 atom stereocenters. The average molecular weight is 292 g/mol. The van der Waals surface area contributed by atoms with E-state index in [1.54, 1.807) is 0 Å². The third-order valence-corrected chi connectivity index (χ3v) is 3.84. The largest absolute Gasteiger partial charge is 0.293 e. The normalized spacial score (nSPS) is 10.8. The quantitative estimate of drug-likeness (QED) is 0.788. The lowest BCUT2D eigenvalue weighted by atomic mass is 10.2. The molecule has 0 saturated heterocycles. The lowest BCUT2D eigenvalue weighted by Gasteiger charge is -1.99. The van der Waals surface area contributed by atoms with Gasteiger partial charge in [-0.2, -0.15) is 4.68 Å². The highest BCUT2D eigenvalue weighted by Gasteiger charge is 2.10. The van der Waals surface area contributed by atoms with Crippen molar-refractivity contribution in [2.24, 2.45) is 0 Å². The summed E-state index contributed by atoms with van der Waals surface area (Å²) in [6.45, 7) is 1.83. The number of halogens is 1. The molecule has 3 aromatic rings. The van der Waals surface area contributed by atoms with Gasteiger partial charge < -0.3 is 0 Å². The first-order valence-corrected chi connectivity index (χ1v) is 6.90. The van der Waals surface area contributed by atoms with E-state index in [0.717, 1.165) is 17.0 Å². The number of H-pyrrole nitrogens is 1. The summed E-state index contributed by atoms with van der Waals surface area (Å²) in [5.41, 5.74) is 2.32. The maximum Gasteiger partial charge on any atom is 0.273 e. The predicted molar refractivity (Wildman–Crippen MR) is 77.2 cm³/mol.